The number of pyridine rings is 2. The van der Waals surface area contributed by atoms with Crippen molar-refractivity contribution in [1.82, 2.24) is 19.1 Å². The lowest BCUT2D eigenvalue weighted by molar-refractivity contribution is 0.102. The zero-order valence-electron chi connectivity index (χ0n) is 23.3. The summed E-state index contributed by atoms with van der Waals surface area (Å²) in [4.78, 5) is 36.5. The van der Waals surface area contributed by atoms with E-state index in [1.165, 1.54) is 28.0 Å². The molecule has 0 radical (unpaired) electrons. The van der Waals surface area contributed by atoms with E-state index in [9.17, 15) is 9.59 Å². The molecule has 4 heterocycles. The van der Waals surface area contributed by atoms with Crippen molar-refractivity contribution in [3.8, 4) is 33.5 Å². The highest BCUT2D eigenvalue weighted by Crippen LogP contribution is 2.39. The number of benzene rings is 2. The van der Waals surface area contributed by atoms with Crippen molar-refractivity contribution in [3.05, 3.63) is 113 Å². The molecule has 0 fully saturated rings. The van der Waals surface area contributed by atoms with E-state index in [-0.39, 0.29) is 29.4 Å². The van der Waals surface area contributed by atoms with Crippen molar-refractivity contribution in [1.29, 1.82) is 0 Å². The minimum absolute atomic E-state index is 0.0307. The zero-order valence-corrected chi connectivity index (χ0v) is 24.1. The van der Waals surface area contributed by atoms with Crippen LogP contribution in [0.5, 0.6) is 17.2 Å². The number of nitrogens with zero attached hydrogens (tertiary/aromatic N) is 4. The van der Waals surface area contributed by atoms with Gasteiger partial charge in [-0.1, -0.05) is 18.2 Å². The average Bonchev–Trinajstić information content (AvgIpc) is 3.67. The highest BCUT2D eigenvalue weighted by atomic mass is 32.1. The van der Waals surface area contributed by atoms with Crippen molar-refractivity contribution < 1.29 is 18.7 Å². The quantitative estimate of drug-likeness (QED) is 0.195. The minimum atomic E-state index is -0.723. The maximum atomic E-state index is 15.3. The predicted molar refractivity (Wildman–Crippen MR) is 164 cm³/mol. The van der Waals surface area contributed by atoms with E-state index in [2.05, 4.69) is 15.3 Å². The largest absolute Gasteiger partial charge is 0.493 e. The van der Waals surface area contributed by atoms with Gasteiger partial charge in [0.15, 0.2) is 11.6 Å². The number of rotatable bonds is 9. The summed E-state index contributed by atoms with van der Waals surface area (Å²) >= 11 is 1.45. The molecule has 0 saturated carbocycles. The number of carbonyl (C=O) groups is 1. The third kappa shape index (κ3) is 5.62. The number of thiophene rings is 1. The molecule has 43 heavy (non-hydrogen) atoms. The van der Waals surface area contributed by atoms with Crippen LogP contribution in [-0.2, 0) is 6.54 Å². The first kappa shape index (κ1) is 27.9. The smallest absolute Gasteiger partial charge is 0.271 e. The normalized spacial score (nSPS) is 11.0. The van der Waals surface area contributed by atoms with Crippen molar-refractivity contribution >= 4 is 33.1 Å². The summed E-state index contributed by atoms with van der Waals surface area (Å²) in [6.07, 6.45) is 6.88. The third-order valence-corrected chi connectivity index (χ3v) is 7.81. The van der Waals surface area contributed by atoms with Crippen LogP contribution in [0.1, 0.15) is 24.2 Å². The van der Waals surface area contributed by atoms with Crippen LogP contribution in [-0.4, -0.2) is 31.6 Å². The van der Waals surface area contributed by atoms with Gasteiger partial charge in [-0.05, 0) is 50.2 Å². The maximum Gasteiger partial charge on any atom is 0.271 e. The molecule has 4 aromatic heterocycles. The van der Waals surface area contributed by atoms with Crippen molar-refractivity contribution in [2.75, 3.05) is 11.9 Å². The standard InChI is InChI=1S/C32H26FN5O4S/c1-3-37-18-24(35-19-37)28-17-23-30(43-28)27(12-14-34-23)42-25-11-10-20(16-22(25)33)36-31(39)29-26(41-4-2)13-15-38(32(29)40)21-8-6-5-7-9-21/h5-19H,3-4H2,1-2H3,(H,36,39). The molecular formula is C32H26FN5O4S. The molecular weight excluding hydrogens is 569 g/mol. The van der Waals surface area contributed by atoms with E-state index < -0.39 is 17.3 Å². The Labute approximate surface area is 249 Å². The second-order valence-corrected chi connectivity index (χ2v) is 10.5. The van der Waals surface area contributed by atoms with Crippen LogP contribution >= 0.6 is 11.3 Å². The highest BCUT2D eigenvalue weighted by Gasteiger charge is 2.21. The van der Waals surface area contributed by atoms with Gasteiger partial charge in [0.2, 0.25) is 0 Å². The second-order valence-electron chi connectivity index (χ2n) is 9.42. The van der Waals surface area contributed by atoms with Gasteiger partial charge in [0.05, 0.1) is 33.7 Å². The summed E-state index contributed by atoms with van der Waals surface area (Å²) < 4.78 is 30.9. The Morgan fingerprint density at radius 1 is 1.00 bits per heavy atom. The van der Waals surface area contributed by atoms with Gasteiger partial charge in [0.25, 0.3) is 11.5 Å². The molecule has 0 saturated heterocycles. The average molecular weight is 596 g/mol. The van der Waals surface area contributed by atoms with Crippen LogP contribution < -0.4 is 20.3 Å². The lowest BCUT2D eigenvalue weighted by atomic mass is 10.2. The number of amides is 1. The Morgan fingerprint density at radius 2 is 1.84 bits per heavy atom. The fourth-order valence-electron chi connectivity index (χ4n) is 4.55. The molecule has 0 spiro atoms. The topological polar surface area (TPSA) is 100 Å². The lowest BCUT2D eigenvalue weighted by Crippen LogP contribution is -2.29. The van der Waals surface area contributed by atoms with Gasteiger partial charge in [0.1, 0.15) is 17.1 Å². The number of aryl methyl sites for hydroxylation is 1. The van der Waals surface area contributed by atoms with Crippen LogP contribution in [0.25, 0.3) is 26.5 Å². The van der Waals surface area contributed by atoms with Gasteiger partial charge in [-0.3, -0.25) is 19.1 Å². The summed E-state index contributed by atoms with van der Waals surface area (Å²) in [5.41, 5.74) is 1.52. The minimum Gasteiger partial charge on any atom is -0.493 e. The van der Waals surface area contributed by atoms with Crippen molar-refractivity contribution in [3.63, 3.8) is 0 Å². The molecule has 6 aromatic rings. The predicted octanol–water partition coefficient (Wildman–Crippen LogP) is 6.91. The Kier molecular flexibility index (Phi) is 7.71. The molecule has 216 valence electrons. The molecule has 0 unspecified atom stereocenters. The Hall–Kier alpha value is -5.29. The third-order valence-electron chi connectivity index (χ3n) is 6.65. The number of anilines is 1. The number of para-hydroxylation sites is 1. The van der Waals surface area contributed by atoms with Gasteiger partial charge in [-0.25, -0.2) is 9.37 Å². The molecule has 1 amide bonds. The molecule has 2 aromatic carbocycles. The van der Waals surface area contributed by atoms with Crippen molar-refractivity contribution in [2.24, 2.45) is 0 Å². The molecule has 0 atom stereocenters. The van der Waals surface area contributed by atoms with E-state index in [4.69, 9.17) is 9.47 Å². The fraction of sp³-hybridized carbons (Fsp3) is 0.125. The van der Waals surface area contributed by atoms with Crippen LogP contribution in [0.2, 0.25) is 0 Å². The van der Waals surface area contributed by atoms with Crippen LogP contribution in [0.3, 0.4) is 0 Å². The SMILES string of the molecule is CCOc1ccn(-c2ccccc2)c(=O)c1C(=O)Nc1ccc(Oc2ccnc3cc(-c4cn(CC)cn4)sc23)c(F)c1. The Balaban J connectivity index is 1.25. The van der Waals surface area contributed by atoms with Crippen molar-refractivity contribution in [2.45, 2.75) is 20.4 Å². The molecule has 6 rings (SSSR count). The molecule has 0 aliphatic heterocycles. The summed E-state index contributed by atoms with van der Waals surface area (Å²) in [6, 6.07) is 18.2. The first-order valence-electron chi connectivity index (χ1n) is 13.6. The molecule has 9 nitrogen and oxygen atoms in total. The van der Waals surface area contributed by atoms with Crippen LogP contribution in [0.15, 0.2) is 96.4 Å². The van der Waals surface area contributed by atoms with E-state index in [1.807, 2.05) is 29.8 Å². The van der Waals surface area contributed by atoms with E-state index in [1.54, 1.807) is 62.0 Å². The van der Waals surface area contributed by atoms with Gasteiger partial charge in [-0.2, -0.15) is 0 Å². The first-order chi connectivity index (χ1) is 20.9. The number of hydrogen-bond donors (Lipinski definition) is 1. The number of fused-ring (bicyclic) bond motifs is 1. The van der Waals surface area contributed by atoms with Gasteiger partial charge < -0.3 is 19.4 Å². The van der Waals surface area contributed by atoms with E-state index in [0.29, 0.717) is 17.0 Å². The fourth-order valence-corrected chi connectivity index (χ4v) is 5.58. The van der Waals surface area contributed by atoms with Gasteiger partial charge in [0, 0.05) is 48.6 Å². The molecule has 1 N–H and O–H groups in total. The first-order valence-corrected chi connectivity index (χ1v) is 14.4. The number of nitrogens with one attached hydrogen (secondary N) is 1. The number of ether oxygens (including phenoxy) is 2. The molecule has 0 aliphatic carbocycles. The van der Waals surface area contributed by atoms with Gasteiger partial charge >= 0.3 is 0 Å². The number of halogens is 1. The molecule has 0 bridgehead atoms. The summed E-state index contributed by atoms with van der Waals surface area (Å²) in [5, 5.41) is 2.62. The number of carbonyl (C=O) groups excluding carboxylic acids is 1. The Bertz CT molecular complexity index is 2000. The Morgan fingerprint density at radius 3 is 2.58 bits per heavy atom. The van der Waals surface area contributed by atoms with Crippen LogP contribution in [0, 0.1) is 5.82 Å². The maximum absolute atomic E-state index is 15.3. The molecule has 0 aliphatic rings. The van der Waals surface area contributed by atoms with E-state index >= 15 is 4.39 Å². The monoisotopic (exact) mass is 595 g/mol. The zero-order chi connectivity index (χ0) is 29.9. The number of hydrogen-bond acceptors (Lipinski definition) is 7. The number of aromatic nitrogens is 4. The van der Waals surface area contributed by atoms with E-state index in [0.717, 1.165) is 27.9 Å². The van der Waals surface area contributed by atoms with Crippen LogP contribution in [0.4, 0.5) is 10.1 Å². The lowest BCUT2D eigenvalue weighted by Gasteiger charge is -2.14. The second kappa shape index (κ2) is 11.9. The highest BCUT2D eigenvalue weighted by molar-refractivity contribution is 7.22. The number of imidazole rings is 1. The molecule has 11 heteroatoms. The summed E-state index contributed by atoms with van der Waals surface area (Å²) in [6.45, 7) is 4.86. The summed E-state index contributed by atoms with van der Waals surface area (Å²) in [7, 11) is 0. The van der Waals surface area contributed by atoms with Gasteiger partial charge in [-0.15, -0.1) is 11.3 Å². The summed E-state index contributed by atoms with van der Waals surface area (Å²) in [5.74, 6) is -0.868.